The summed E-state index contributed by atoms with van der Waals surface area (Å²) in [4.78, 5) is 16.4. The summed E-state index contributed by atoms with van der Waals surface area (Å²) in [7, 11) is -2.99. The van der Waals surface area contributed by atoms with E-state index < -0.39 is 9.84 Å². The lowest BCUT2D eigenvalue weighted by molar-refractivity contribution is 0.588. The van der Waals surface area contributed by atoms with Crippen molar-refractivity contribution in [1.29, 1.82) is 0 Å². The highest BCUT2D eigenvalue weighted by molar-refractivity contribution is 14.1. The first kappa shape index (κ1) is 14.4. The summed E-state index contributed by atoms with van der Waals surface area (Å²) in [6.45, 7) is 0.361. The second-order valence-electron chi connectivity index (χ2n) is 4.39. The molecule has 2 rings (SSSR count). The Morgan fingerprint density at radius 1 is 1.37 bits per heavy atom. The van der Waals surface area contributed by atoms with Gasteiger partial charge in [0.15, 0.2) is 0 Å². The molecule has 0 aliphatic carbocycles. The van der Waals surface area contributed by atoms with Gasteiger partial charge >= 0.3 is 0 Å². The monoisotopic (exact) mass is 392 g/mol. The van der Waals surface area contributed by atoms with E-state index in [2.05, 4.69) is 27.6 Å². The van der Waals surface area contributed by atoms with Crippen LogP contribution in [0.5, 0.6) is 0 Å². The number of benzene rings is 1. The van der Waals surface area contributed by atoms with Crippen LogP contribution < -0.4 is 5.56 Å². The fraction of sp³-hybridized carbons (Fsp3) is 0.333. The molecule has 1 heterocycles. The van der Waals surface area contributed by atoms with Crippen molar-refractivity contribution in [1.82, 2.24) is 9.55 Å². The maximum Gasteiger partial charge on any atom is 0.261 e. The molecule has 0 spiro atoms. The molecule has 2 aromatic rings. The highest BCUT2D eigenvalue weighted by atomic mass is 127. The minimum atomic E-state index is -2.99. The van der Waals surface area contributed by atoms with Crippen LogP contribution in [0.3, 0.4) is 0 Å². The van der Waals surface area contributed by atoms with E-state index in [0.717, 1.165) is 3.57 Å². The molecule has 0 radical (unpaired) electrons. The maximum atomic E-state index is 12.2. The van der Waals surface area contributed by atoms with Gasteiger partial charge < -0.3 is 0 Å². The van der Waals surface area contributed by atoms with E-state index >= 15 is 0 Å². The fourth-order valence-electron chi connectivity index (χ4n) is 1.79. The van der Waals surface area contributed by atoms with Gasteiger partial charge in [-0.2, -0.15) is 0 Å². The predicted octanol–water partition coefficient (Wildman–Crippen LogP) is 1.44. The van der Waals surface area contributed by atoms with Gasteiger partial charge in [-0.1, -0.05) is 0 Å². The molecular formula is C12H13IN2O3S. The summed E-state index contributed by atoms with van der Waals surface area (Å²) in [5.74, 6) is 0.0732. The van der Waals surface area contributed by atoms with Crippen LogP contribution in [0.1, 0.15) is 6.42 Å². The lowest BCUT2D eigenvalue weighted by Crippen LogP contribution is -2.22. The molecule has 0 unspecified atom stereocenters. The summed E-state index contributed by atoms with van der Waals surface area (Å²) in [6.07, 6.45) is 3.08. The van der Waals surface area contributed by atoms with Crippen LogP contribution >= 0.6 is 22.6 Å². The number of sulfone groups is 1. The Bertz CT molecular complexity index is 768. The third-order valence-electron chi connectivity index (χ3n) is 2.70. The van der Waals surface area contributed by atoms with E-state index in [-0.39, 0.29) is 11.3 Å². The van der Waals surface area contributed by atoms with E-state index in [1.165, 1.54) is 17.2 Å². The normalized spacial score (nSPS) is 11.9. The molecule has 0 bridgehead atoms. The molecule has 0 saturated heterocycles. The summed E-state index contributed by atoms with van der Waals surface area (Å²) in [5, 5.41) is 0.564. The highest BCUT2D eigenvalue weighted by Crippen LogP contribution is 2.11. The van der Waals surface area contributed by atoms with Gasteiger partial charge in [-0.3, -0.25) is 9.36 Å². The van der Waals surface area contributed by atoms with Crippen molar-refractivity contribution in [2.45, 2.75) is 13.0 Å². The molecule has 0 aliphatic heterocycles. The van der Waals surface area contributed by atoms with Gasteiger partial charge in [-0.25, -0.2) is 13.4 Å². The number of nitrogens with zero attached hydrogens (tertiary/aromatic N) is 2. The van der Waals surface area contributed by atoms with Gasteiger partial charge in [-0.15, -0.1) is 0 Å². The number of aryl methyl sites for hydroxylation is 1. The number of aromatic nitrogens is 2. The van der Waals surface area contributed by atoms with Gasteiger partial charge in [0.05, 0.1) is 23.0 Å². The molecule has 0 saturated carbocycles. The minimum Gasteiger partial charge on any atom is -0.299 e. The second kappa shape index (κ2) is 5.58. The highest BCUT2D eigenvalue weighted by Gasteiger charge is 2.06. The van der Waals surface area contributed by atoms with E-state index in [1.54, 1.807) is 12.1 Å². The lowest BCUT2D eigenvalue weighted by atomic mass is 10.2. The van der Waals surface area contributed by atoms with Crippen molar-refractivity contribution in [3.05, 3.63) is 38.5 Å². The number of rotatable bonds is 4. The predicted molar refractivity (Wildman–Crippen MR) is 83.0 cm³/mol. The van der Waals surface area contributed by atoms with Gasteiger partial charge in [0, 0.05) is 16.4 Å². The quantitative estimate of drug-likeness (QED) is 0.739. The first-order valence-corrected chi connectivity index (χ1v) is 8.83. The molecule has 1 aromatic heterocycles. The third kappa shape index (κ3) is 3.75. The molecule has 0 fully saturated rings. The minimum absolute atomic E-state index is 0.0732. The average molecular weight is 392 g/mol. The van der Waals surface area contributed by atoms with Gasteiger partial charge in [0.1, 0.15) is 9.84 Å². The molecule has 1 aromatic carbocycles. The fourth-order valence-corrected chi connectivity index (χ4v) is 2.93. The Kier molecular flexibility index (Phi) is 4.24. The van der Waals surface area contributed by atoms with Crippen LogP contribution in [0.25, 0.3) is 10.9 Å². The van der Waals surface area contributed by atoms with Crippen LogP contribution in [0, 0.1) is 3.57 Å². The smallest absolute Gasteiger partial charge is 0.261 e. The average Bonchev–Trinajstić information content (AvgIpc) is 2.31. The van der Waals surface area contributed by atoms with Crippen LogP contribution in [0.2, 0.25) is 0 Å². The van der Waals surface area contributed by atoms with E-state index in [1.807, 2.05) is 6.07 Å². The zero-order chi connectivity index (χ0) is 14.0. The molecule has 19 heavy (non-hydrogen) atoms. The first-order valence-electron chi connectivity index (χ1n) is 5.69. The van der Waals surface area contributed by atoms with E-state index in [4.69, 9.17) is 0 Å². The van der Waals surface area contributed by atoms with Crippen molar-refractivity contribution in [3.63, 3.8) is 0 Å². The topological polar surface area (TPSA) is 69.0 Å². The van der Waals surface area contributed by atoms with Crippen LogP contribution in [-0.2, 0) is 16.4 Å². The van der Waals surface area contributed by atoms with Crippen molar-refractivity contribution in [2.75, 3.05) is 12.0 Å². The Balaban J connectivity index is 2.30. The Hall–Kier alpha value is -0.960. The van der Waals surface area contributed by atoms with Gasteiger partial charge in [0.25, 0.3) is 5.56 Å². The van der Waals surface area contributed by atoms with Gasteiger partial charge in [-0.05, 0) is 47.2 Å². The number of halogens is 1. The summed E-state index contributed by atoms with van der Waals surface area (Å²) >= 11 is 2.14. The van der Waals surface area contributed by atoms with Crippen molar-refractivity contribution >= 4 is 43.3 Å². The first-order chi connectivity index (χ1) is 8.87. The van der Waals surface area contributed by atoms with Crippen LogP contribution in [0.4, 0.5) is 0 Å². The SMILES string of the molecule is CS(=O)(=O)CCCn1cnc2ccc(I)cc2c1=O. The van der Waals surface area contributed by atoms with Crippen LogP contribution in [0.15, 0.2) is 29.3 Å². The number of fused-ring (bicyclic) bond motifs is 1. The Labute approximate surface area is 124 Å². The standard InChI is InChI=1S/C12H13IN2O3S/c1-19(17,18)6-2-5-15-8-14-11-4-3-9(13)7-10(11)12(15)16/h3-4,7-8H,2,5-6H2,1H3. The number of hydrogen-bond acceptors (Lipinski definition) is 4. The molecule has 102 valence electrons. The number of hydrogen-bond donors (Lipinski definition) is 0. The molecule has 0 atom stereocenters. The second-order valence-corrected chi connectivity index (χ2v) is 7.89. The third-order valence-corrected chi connectivity index (χ3v) is 4.40. The zero-order valence-electron chi connectivity index (χ0n) is 10.3. The van der Waals surface area contributed by atoms with Crippen molar-refractivity contribution in [3.8, 4) is 0 Å². The summed E-state index contributed by atoms with van der Waals surface area (Å²) in [6, 6.07) is 5.49. The summed E-state index contributed by atoms with van der Waals surface area (Å²) in [5.41, 5.74) is 0.529. The molecule has 5 nitrogen and oxygen atoms in total. The van der Waals surface area contributed by atoms with Crippen molar-refractivity contribution in [2.24, 2.45) is 0 Å². The molecule has 7 heteroatoms. The molecule has 0 aliphatic rings. The Morgan fingerprint density at radius 2 is 2.11 bits per heavy atom. The lowest BCUT2D eigenvalue weighted by Gasteiger charge is -2.06. The van der Waals surface area contributed by atoms with E-state index in [9.17, 15) is 13.2 Å². The molecule has 0 amide bonds. The van der Waals surface area contributed by atoms with E-state index in [0.29, 0.717) is 23.9 Å². The van der Waals surface area contributed by atoms with Crippen LogP contribution in [-0.4, -0.2) is 30.0 Å². The van der Waals surface area contributed by atoms with Crippen molar-refractivity contribution < 1.29 is 8.42 Å². The molecular weight excluding hydrogens is 379 g/mol. The largest absolute Gasteiger partial charge is 0.299 e. The zero-order valence-corrected chi connectivity index (χ0v) is 13.3. The Morgan fingerprint density at radius 3 is 2.79 bits per heavy atom. The maximum absolute atomic E-state index is 12.2. The van der Waals surface area contributed by atoms with Gasteiger partial charge in [0.2, 0.25) is 0 Å². The molecule has 0 N–H and O–H groups in total. The summed E-state index contributed by atoms with van der Waals surface area (Å²) < 4.78 is 24.6.